The first-order valence-corrected chi connectivity index (χ1v) is 15.7. The summed E-state index contributed by atoms with van der Waals surface area (Å²) in [6.07, 6.45) is 0.288. The fourth-order valence-corrected chi connectivity index (χ4v) is 6.44. The number of amides is 2. The van der Waals surface area contributed by atoms with E-state index >= 15 is 0 Å². The Balaban J connectivity index is 2.13. The molecule has 0 aliphatic heterocycles. The highest BCUT2D eigenvalue weighted by Gasteiger charge is 2.34. The van der Waals surface area contributed by atoms with E-state index in [4.69, 9.17) is 34.8 Å². The van der Waals surface area contributed by atoms with E-state index in [0.29, 0.717) is 26.2 Å². The van der Waals surface area contributed by atoms with Gasteiger partial charge in [-0.25, -0.2) is 8.42 Å². The van der Waals surface area contributed by atoms with Crippen LogP contribution in [0.5, 0.6) is 0 Å². The fourth-order valence-electron chi connectivity index (χ4n) is 4.34. The predicted octanol–water partition coefficient (Wildman–Crippen LogP) is 6.79. The second kappa shape index (κ2) is 13.9. The van der Waals surface area contributed by atoms with Gasteiger partial charge in [-0.15, -0.1) is 0 Å². The summed E-state index contributed by atoms with van der Waals surface area (Å²) in [7, 11) is -4.21. The first kappa shape index (κ1) is 32.7. The molecule has 2 amide bonds. The Morgan fingerprint density at radius 2 is 1.51 bits per heavy atom. The molecule has 220 valence electrons. The summed E-state index contributed by atoms with van der Waals surface area (Å²) < 4.78 is 29.1. The average molecular weight is 639 g/mol. The number of benzene rings is 3. The van der Waals surface area contributed by atoms with Crippen LogP contribution in [0.1, 0.15) is 43.9 Å². The monoisotopic (exact) mass is 637 g/mol. The fraction of sp³-hybridized carbons (Fsp3) is 0.333. The molecule has 0 unspecified atom stereocenters. The number of sulfonamides is 1. The van der Waals surface area contributed by atoms with E-state index in [2.05, 4.69) is 5.32 Å². The number of hydrogen-bond acceptors (Lipinski definition) is 4. The zero-order valence-corrected chi connectivity index (χ0v) is 26.7. The molecule has 3 aromatic carbocycles. The van der Waals surface area contributed by atoms with Gasteiger partial charge in [-0.2, -0.15) is 0 Å². The van der Waals surface area contributed by atoms with Crippen LogP contribution in [0.4, 0.5) is 5.69 Å². The van der Waals surface area contributed by atoms with Gasteiger partial charge in [0.05, 0.1) is 10.6 Å². The van der Waals surface area contributed by atoms with Crippen molar-refractivity contribution in [2.75, 3.05) is 10.8 Å². The molecule has 0 aliphatic carbocycles. The maximum absolute atomic E-state index is 14.2. The quantitative estimate of drug-likeness (QED) is 0.251. The lowest BCUT2D eigenvalue weighted by Crippen LogP contribution is -2.53. The lowest BCUT2D eigenvalue weighted by Gasteiger charge is -2.34. The number of anilines is 1. The minimum absolute atomic E-state index is 0.0205. The van der Waals surface area contributed by atoms with Crippen molar-refractivity contribution in [3.63, 3.8) is 0 Å². The molecule has 0 heterocycles. The zero-order valence-electron chi connectivity index (χ0n) is 23.6. The highest BCUT2D eigenvalue weighted by molar-refractivity contribution is 7.92. The van der Waals surface area contributed by atoms with Crippen LogP contribution in [0.15, 0.2) is 65.6 Å². The topological polar surface area (TPSA) is 86.8 Å². The molecule has 1 N–H and O–H groups in total. The molecule has 11 heteroatoms. The third kappa shape index (κ3) is 8.16. The van der Waals surface area contributed by atoms with E-state index in [1.165, 1.54) is 23.1 Å². The molecule has 3 rings (SSSR count). The minimum Gasteiger partial charge on any atom is -0.352 e. The van der Waals surface area contributed by atoms with Crippen LogP contribution < -0.4 is 9.62 Å². The van der Waals surface area contributed by atoms with Crippen LogP contribution in [0.25, 0.3) is 0 Å². The van der Waals surface area contributed by atoms with Crippen LogP contribution in [0, 0.1) is 13.8 Å². The molecule has 0 saturated carbocycles. The molecule has 0 aliphatic rings. The Morgan fingerprint density at radius 1 is 0.902 bits per heavy atom. The van der Waals surface area contributed by atoms with Crippen molar-refractivity contribution in [3.8, 4) is 0 Å². The van der Waals surface area contributed by atoms with Crippen molar-refractivity contribution in [2.24, 2.45) is 0 Å². The molecule has 0 radical (unpaired) electrons. The number of carbonyl (C=O) groups excluding carboxylic acids is 2. The second-order valence-electron chi connectivity index (χ2n) is 10.1. The SMILES string of the molecule is CC[C@@H](C(=O)NC(C)C)N(Cc1ccc(Cl)cc1Cl)C(=O)CN(c1cc(Cl)ccc1C)S(=O)(=O)c1ccc(C)cc1. The Hall–Kier alpha value is -2.78. The summed E-state index contributed by atoms with van der Waals surface area (Å²) in [5.74, 6) is -0.940. The van der Waals surface area contributed by atoms with E-state index < -0.39 is 28.5 Å². The smallest absolute Gasteiger partial charge is 0.264 e. The average Bonchev–Trinajstić information content (AvgIpc) is 2.89. The lowest BCUT2D eigenvalue weighted by molar-refractivity contribution is -0.140. The van der Waals surface area contributed by atoms with Gasteiger partial charge in [-0.1, -0.05) is 71.6 Å². The summed E-state index contributed by atoms with van der Waals surface area (Å²) >= 11 is 18.8. The highest BCUT2D eigenvalue weighted by atomic mass is 35.5. The van der Waals surface area contributed by atoms with Gasteiger partial charge in [0.1, 0.15) is 12.6 Å². The van der Waals surface area contributed by atoms with Gasteiger partial charge in [0.15, 0.2) is 0 Å². The van der Waals surface area contributed by atoms with Gasteiger partial charge in [0.2, 0.25) is 11.8 Å². The van der Waals surface area contributed by atoms with E-state index in [0.717, 1.165) is 9.87 Å². The van der Waals surface area contributed by atoms with Crippen molar-refractivity contribution in [1.29, 1.82) is 0 Å². The summed E-state index contributed by atoms with van der Waals surface area (Å²) in [5.41, 5.74) is 2.32. The molecule has 0 saturated heterocycles. The molecule has 1 atom stereocenters. The number of hydrogen-bond donors (Lipinski definition) is 1. The van der Waals surface area contributed by atoms with E-state index in [-0.39, 0.29) is 35.5 Å². The normalized spacial score (nSPS) is 12.2. The molecule has 0 aromatic heterocycles. The summed E-state index contributed by atoms with van der Waals surface area (Å²) in [6, 6.07) is 15.1. The number of aryl methyl sites for hydroxylation is 2. The third-order valence-electron chi connectivity index (χ3n) is 6.50. The number of nitrogens with one attached hydrogen (secondary N) is 1. The number of carbonyl (C=O) groups is 2. The van der Waals surface area contributed by atoms with Gasteiger partial charge >= 0.3 is 0 Å². The second-order valence-corrected chi connectivity index (χ2v) is 13.2. The first-order chi connectivity index (χ1) is 19.2. The van der Waals surface area contributed by atoms with Crippen molar-refractivity contribution in [1.82, 2.24) is 10.2 Å². The highest BCUT2D eigenvalue weighted by Crippen LogP contribution is 2.31. The van der Waals surface area contributed by atoms with Crippen LogP contribution in [0.2, 0.25) is 15.1 Å². The Bertz CT molecular complexity index is 1510. The van der Waals surface area contributed by atoms with Crippen molar-refractivity contribution in [3.05, 3.63) is 92.4 Å². The zero-order chi connectivity index (χ0) is 30.5. The van der Waals surface area contributed by atoms with Crippen LogP contribution in [-0.4, -0.2) is 43.8 Å². The van der Waals surface area contributed by atoms with Gasteiger partial charge in [0.25, 0.3) is 10.0 Å². The minimum atomic E-state index is -4.21. The molecule has 7 nitrogen and oxygen atoms in total. The van der Waals surface area contributed by atoms with Crippen molar-refractivity contribution >= 4 is 62.3 Å². The predicted molar refractivity (Wildman–Crippen MR) is 166 cm³/mol. The van der Waals surface area contributed by atoms with Gasteiger partial charge in [-0.3, -0.25) is 13.9 Å². The van der Waals surface area contributed by atoms with Crippen LogP contribution >= 0.6 is 34.8 Å². The molecular weight excluding hydrogens is 605 g/mol. The Labute approximate surface area is 257 Å². The molecule has 0 spiro atoms. The van der Waals surface area contributed by atoms with E-state index in [1.807, 2.05) is 20.8 Å². The molecule has 0 bridgehead atoms. The Kier molecular flexibility index (Phi) is 11.1. The summed E-state index contributed by atoms with van der Waals surface area (Å²) in [5, 5.41) is 3.93. The lowest BCUT2D eigenvalue weighted by atomic mass is 10.1. The Morgan fingerprint density at radius 3 is 2.10 bits per heavy atom. The van der Waals surface area contributed by atoms with Crippen LogP contribution in [0.3, 0.4) is 0 Å². The van der Waals surface area contributed by atoms with Crippen molar-refractivity contribution in [2.45, 2.75) is 64.6 Å². The van der Waals surface area contributed by atoms with E-state index in [1.54, 1.807) is 56.3 Å². The van der Waals surface area contributed by atoms with E-state index in [9.17, 15) is 18.0 Å². The number of nitrogens with zero attached hydrogens (tertiary/aromatic N) is 2. The maximum Gasteiger partial charge on any atom is 0.264 e. The molecule has 3 aromatic rings. The molecule has 41 heavy (non-hydrogen) atoms. The number of halogens is 3. The molecular formula is C30H34Cl3N3O4S. The third-order valence-corrected chi connectivity index (χ3v) is 9.10. The van der Waals surface area contributed by atoms with Gasteiger partial charge in [0, 0.05) is 27.7 Å². The van der Waals surface area contributed by atoms with Gasteiger partial charge in [-0.05, 0) is 81.6 Å². The van der Waals surface area contributed by atoms with Crippen LogP contribution in [-0.2, 0) is 26.2 Å². The summed E-state index contributed by atoms with van der Waals surface area (Å²) in [4.78, 5) is 28.8. The van der Waals surface area contributed by atoms with Crippen molar-refractivity contribution < 1.29 is 18.0 Å². The largest absolute Gasteiger partial charge is 0.352 e. The standard InChI is InChI=1S/C30H34Cl3N3O4S/c1-6-27(30(38)34-19(2)3)35(17-22-10-12-23(31)15-26(22)33)29(37)18-36(28-16-24(32)11-9-21(28)5)41(39,40)25-13-7-20(4)8-14-25/h7-16,19,27H,6,17-18H2,1-5H3,(H,34,38)/t27-/m0/s1. The number of rotatable bonds is 11. The summed E-state index contributed by atoms with van der Waals surface area (Å²) in [6.45, 7) is 8.42. The molecule has 0 fully saturated rings. The first-order valence-electron chi connectivity index (χ1n) is 13.1. The maximum atomic E-state index is 14.2. The van der Waals surface area contributed by atoms with Gasteiger partial charge < -0.3 is 10.2 Å².